The number of nitrogens with zero attached hydrogens (tertiary/aromatic N) is 3. The molecule has 142 valence electrons. The van der Waals surface area contributed by atoms with Crippen LogP contribution in [0.3, 0.4) is 0 Å². The van der Waals surface area contributed by atoms with E-state index in [1.165, 1.54) is 27.7 Å². The van der Waals surface area contributed by atoms with Crippen LogP contribution in [-0.4, -0.2) is 38.5 Å². The minimum atomic E-state index is -0.260. The van der Waals surface area contributed by atoms with Gasteiger partial charge in [-0.15, -0.1) is 16.4 Å². The van der Waals surface area contributed by atoms with Gasteiger partial charge in [0.25, 0.3) is 0 Å². The molecule has 0 aliphatic carbocycles. The Hall–Kier alpha value is -2.59. The second-order valence-corrected chi connectivity index (χ2v) is 7.37. The molecular weight excluding hydrogens is 386 g/mol. The van der Waals surface area contributed by atoms with Crippen LogP contribution in [-0.2, 0) is 11.3 Å². The van der Waals surface area contributed by atoms with Crippen molar-refractivity contribution in [2.24, 2.45) is 0 Å². The maximum absolute atomic E-state index is 12.2. The van der Waals surface area contributed by atoms with Crippen LogP contribution < -0.4 is 15.7 Å². The summed E-state index contributed by atoms with van der Waals surface area (Å²) in [7, 11) is 1.62. The second kappa shape index (κ2) is 8.87. The Kier molecular flexibility index (Phi) is 6.30. The topological polar surface area (TPSA) is 102 Å². The lowest BCUT2D eigenvalue weighted by molar-refractivity contribution is -0.113. The highest BCUT2D eigenvalue weighted by Crippen LogP contribution is 2.26. The zero-order valence-electron chi connectivity index (χ0n) is 14.9. The average molecular weight is 406 g/mol. The van der Waals surface area contributed by atoms with Crippen molar-refractivity contribution in [1.82, 2.24) is 19.7 Å². The monoisotopic (exact) mass is 405 g/mol. The van der Waals surface area contributed by atoms with Crippen LogP contribution in [0.5, 0.6) is 5.75 Å². The predicted octanol–water partition coefficient (Wildman–Crippen LogP) is 2.84. The predicted molar refractivity (Wildman–Crippen MR) is 107 cm³/mol. The second-order valence-electron chi connectivity index (χ2n) is 5.57. The molecule has 0 bridgehead atoms. The van der Waals surface area contributed by atoms with Gasteiger partial charge in [0, 0.05) is 17.5 Å². The van der Waals surface area contributed by atoms with Gasteiger partial charge in [0.1, 0.15) is 5.75 Å². The minimum absolute atomic E-state index is 0.144. The number of amides is 1. The fourth-order valence-corrected chi connectivity index (χ4v) is 3.85. The van der Waals surface area contributed by atoms with Gasteiger partial charge >= 0.3 is 5.69 Å². The fraction of sp³-hybridized carbons (Fsp3) is 0.294. The fourth-order valence-electron chi connectivity index (χ4n) is 2.35. The van der Waals surface area contributed by atoms with E-state index in [-0.39, 0.29) is 17.3 Å². The highest BCUT2D eigenvalue weighted by molar-refractivity contribution is 7.99. The van der Waals surface area contributed by atoms with Crippen molar-refractivity contribution in [3.05, 3.63) is 40.1 Å². The molecule has 0 radical (unpaired) electrons. The number of benzene rings is 1. The van der Waals surface area contributed by atoms with Crippen molar-refractivity contribution >= 4 is 34.1 Å². The molecule has 27 heavy (non-hydrogen) atoms. The van der Waals surface area contributed by atoms with E-state index in [0.717, 1.165) is 23.4 Å². The molecule has 8 nitrogen and oxygen atoms in total. The SMILES string of the molecule is CCCn1c(SCC(=O)Nc2nc(-c3ccc(OC)cc3)cs2)n[nH]c1=O. The normalized spacial score (nSPS) is 10.7. The minimum Gasteiger partial charge on any atom is -0.497 e. The van der Waals surface area contributed by atoms with Crippen molar-refractivity contribution in [3.63, 3.8) is 0 Å². The smallest absolute Gasteiger partial charge is 0.343 e. The summed E-state index contributed by atoms with van der Waals surface area (Å²) < 4.78 is 6.68. The van der Waals surface area contributed by atoms with Crippen molar-refractivity contribution < 1.29 is 9.53 Å². The van der Waals surface area contributed by atoms with Crippen LogP contribution in [0.4, 0.5) is 5.13 Å². The van der Waals surface area contributed by atoms with Crippen LogP contribution in [0.1, 0.15) is 13.3 Å². The van der Waals surface area contributed by atoms with E-state index in [4.69, 9.17) is 4.74 Å². The van der Waals surface area contributed by atoms with Gasteiger partial charge in [0.15, 0.2) is 10.3 Å². The first-order chi connectivity index (χ1) is 13.1. The van der Waals surface area contributed by atoms with Gasteiger partial charge < -0.3 is 10.1 Å². The zero-order chi connectivity index (χ0) is 19.2. The molecule has 3 aromatic rings. The lowest BCUT2D eigenvalue weighted by Gasteiger charge is -2.03. The number of anilines is 1. The molecule has 2 aromatic heterocycles. The van der Waals surface area contributed by atoms with E-state index in [2.05, 4.69) is 20.5 Å². The number of carbonyl (C=O) groups is 1. The number of H-pyrrole nitrogens is 1. The molecule has 0 aliphatic heterocycles. The zero-order valence-corrected chi connectivity index (χ0v) is 16.5. The maximum Gasteiger partial charge on any atom is 0.343 e. The molecular formula is C17H19N5O3S2. The van der Waals surface area contributed by atoms with E-state index in [9.17, 15) is 9.59 Å². The largest absolute Gasteiger partial charge is 0.497 e. The summed E-state index contributed by atoms with van der Waals surface area (Å²) in [6, 6.07) is 7.56. The number of carbonyl (C=O) groups excluding carboxylic acids is 1. The van der Waals surface area contributed by atoms with E-state index in [0.29, 0.717) is 16.8 Å². The molecule has 0 saturated heterocycles. The lowest BCUT2D eigenvalue weighted by atomic mass is 10.2. The highest BCUT2D eigenvalue weighted by atomic mass is 32.2. The number of ether oxygens (including phenoxy) is 1. The molecule has 3 rings (SSSR count). The molecule has 2 heterocycles. The van der Waals surface area contributed by atoms with Crippen molar-refractivity contribution in [3.8, 4) is 17.0 Å². The molecule has 1 aromatic carbocycles. The third-order valence-corrected chi connectivity index (χ3v) is 5.37. The number of aromatic amines is 1. The first-order valence-corrected chi connectivity index (χ1v) is 10.1. The summed E-state index contributed by atoms with van der Waals surface area (Å²) in [5.41, 5.74) is 1.47. The summed E-state index contributed by atoms with van der Waals surface area (Å²) in [5.74, 6) is 0.722. The Morgan fingerprint density at radius 2 is 2.15 bits per heavy atom. The highest BCUT2D eigenvalue weighted by Gasteiger charge is 2.12. The number of methoxy groups -OCH3 is 1. The van der Waals surface area contributed by atoms with Gasteiger partial charge in [-0.3, -0.25) is 9.36 Å². The van der Waals surface area contributed by atoms with Gasteiger partial charge in [0.05, 0.1) is 18.6 Å². The number of thioether (sulfide) groups is 1. The molecule has 10 heteroatoms. The summed E-state index contributed by atoms with van der Waals surface area (Å²) in [6.45, 7) is 2.54. The number of hydrogen-bond donors (Lipinski definition) is 2. The maximum atomic E-state index is 12.2. The number of nitrogens with one attached hydrogen (secondary N) is 2. The van der Waals surface area contributed by atoms with E-state index < -0.39 is 0 Å². The Labute approximate surface area is 164 Å². The van der Waals surface area contributed by atoms with Gasteiger partial charge in [0.2, 0.25) is 5.91 Å². The summed E-state index contributed by atoms with van der Waals surface area (Å²) in [5, 5.41) is 12.1. The van der Waals surface area contributed by atoms with Crippen molar-refractivity contribution in [1.29, 1.82) is 0 Å². The summed E-state index contributed by atoms with van der Waals surface area (Å²) in [4.78, 5) is 28.3. The van der Waals surface area contributed by atoms with Crippen LogP contribution >= 0.6 is 23.1 Å². The van der Waals surface area contributed by atoms with Crippen LogP contribution in [0.15, 0.2) is 39.6 Å². The number of aromatic nitrogens is 4. The molecule has 2 N–H and O–H groups in total. The van der Waals surface area contributed by atoms with Gasteiger partial charge in [-0.2, -0.15) is 0 Å². The van der Waals surface area contributed by atoms with Crippen LogP contribution in [0, 0.1) is 0 Å². The summed E-state index contributed by atoms with van der Waals surface area (Å²) >= 11 is 2.57. The lowest BCUT2D eigenvalue weighted by Crippen LogP contribution is -2.18. The molecule has 0 saturated carbocycles. The third-order valence-electron chi connectivity index (χ3n) is 3.64. The Balaban J connectivity index is 1.58. The van der Waals surface area contributed by atoms with Crippen molar-refractivity contribution in [2.75, 3.05) is 18.2 Å². The molecule has 1 amide bonds. The van der Waals surface area contributed by atoms with Gasteiger partial charge in [-0.05, 0) is 30.7 Å². The number of rotatable bonds is 8. The Morgan fingerprint density at radius 1 is 1.37 bits per heavy atom. The van der Waals surface area contributed by atoms with Gasteiger partial charge in [-0.1, -0.05) is 18.7 Å². The molecule has 0 spiro atoms. The Bertz CT molecular complexity index is 962. The van der Waals surface area contributed by atoms with Crippen molar-refractivity contribution in [2.45, 2.75) is 25.0 Å². The van der Waals surface area contributed by atoms with Gasteiger partial charge in [-0.25, -0.2) is 14.9 Å². The van der Waals surface area contributed by atoms with Crippen LogP contribution in [0.2, 0.25) is 0 Å². The van der Waals surface area contributed by atoms with E-state index >= 15 is 0 Å². The average Bonchev–Trinajstić information content (AvgIpc) is 3.28. The molecule has 0 atom stereocenters. The molecule has 0 aliphatic rings. The summed E-state index contributed by atoms with van der Waals surface area (Å²) in [6.07, 6.45) is 0.812. The number of thiazole rings is 1. The van der Waals surface area contributed by atoms with E-state index in [1.54, 1.807) is 7.11 Å². The number of hydrogen-bond acceptors (Lipinski definition) is 7. The standard InChI is InChI=1S/C17H19N5O3S2/c1-3-8-22-16(24)20-21-17(22)27-10-14(23)19-15-18-13(9-26-15)11-4-6-12(25-2)7-5-11/h4-7,9H,3,8,10H2,1-2H3,(H,20,24)(H,18,19,23). The molecule has 0 unspecified atom stereocenters. The molecule has 0 fully saturated rings. The quantitative estimate of drug-likeness (QED) is 0.559. The Morgan fingerprint density at radius 3 is 2.85 bits per heavy atom. The van der Waals surface area contributed by atoms with Crippen LogP contribution in [0.25, 0.3) is 11.3 Å². The first-order valence-electron chi connectivity index (χ1n) is 8.28. The first kappa shape index (κ1) is 19.2. The third kappa shape index (κ3) is 4.77. The van der Waals surface area contributed by atoms with E-state index in [1.807, 2.05) is 36.6 Å².